The molecule has 0 N–H and O–H groups in total. The molecule has 0 atom stereocenters. The van der Waals surface area contributed by atoms with E-state index in [-0.39, 0.29) is 0 Å². The zero-order valence-electron chi connectivity index (χ0n) is 11.6. The van der Waals surface area contributed by atoms with Crippen molar-refractivity contribution in [3.63, 3.8) is 0 Å². The molecule has 0 spiro atoms. The van der Waals surface area contributed by atoms with Crippen LogP contribution in [-0.4, -0.2) is 12.1 Å². The first kappa shape index (κ1) is 14.6. The summed E-state index contributed by atoms with van der Waals surface area (Å²) in [5, 5.41) is 5.44. The third kappa shape index (κ3) is 4.09. The summed E-state index contributed by atoms with van der Waals surface area (Å²) in [6.45, 7) is 0. The smallest absolute Gasteiger partial charge is 0.118 e. The van der Waals surface area contributed by atoms with Crippen molar-refractivity contribution in [2.45, 2.75) is 16.4 Å². The van der Waals surface area contributed by atoms with Gasteiger partial charge in [0.25, 0.3) is 0 Å². The van der Waals surface area contributed by atoms with Gasteiger partial charge in [-0.05, 0) is 29.1 Å². The third-order valence-electron chi connectivity index (χ3n) is 2.97. The lowest BCUT2D eigenvalue weighted by molar-refractivity contribution is 0.414. The Balaban J connectivity index is 1.59. The van der Waals surface area contributed by atoms with E-state index in [2.05, 4.69) is 35.0 Å². The molecule has 5 heteroatoms. The Morgan fingerprint density at radius 3 is 2.71 bits per heavy atom. The molecule has 0 radical (unpaired) electrons. The Kier molecular flexibility index (Phi) is 4.95. The van der Waals surface area contributed by atoms with Crippen molar-refractivity contribution >= 4 is 34.4 Å². The van der Waals surface area contributed by atoms with Crippen LogP contribution >= 0.6 is 34.4 Å². The van der Waals surface area contributed by atoms with Gasteiger partial charge in [-0.1, -0.05) is 18.2 Å². The van der Waals surface area contributed by atoms with Crippen LogP contribution in [0.1, 0.15) is 16.3 Å². The average molecular weight is 334 g/mol. The highest BCUT2D eigenvalue weighted by molar-refractivity contribution is 8.00. The molecule has 2 nitrogen and oxygen atoms in total. The molecule has 3 aromatic rings. The number of benzene rings is 1. The number of methoxy groups -OCH3 is 1. The lowest BCUT2D eigenvalue weighted by Crippen LogP contribution is -1.89. The van der Waals surface area contributed by atoms with E-state index in [1.165, 1.54) is 20.5 Å². The summed E-state index contributed by atoms with van der Waals surface area (Å²) in [5.41, 5.74) is 2.43. The van der Waals surface area contributed by atoms with Crippen LogP contribution < -0.4 is 4.74 Å². The Hall–Kier alpha value is -1.30. The molecule has 1 aromatic carbocycles. The molecular formula is C16H15NOS3. The lowest BCUT2D eigenvalue weighted by atomic mass is 10.1. The number of ether oxygens (including phenoxy) is 1. The minimum absolute atomic E-state index is 0.887. The molecule has 0 aliphatic heterocycles. The van der Waals surface area contributed by atoms with E-state index >= 15 is 0 Å². The van der Waals surface area contributed by atoms with E-state index in [4.69, 9.17) is 9.72 Å². The number of aromatic nitrogens is 1. The largest absolute Gasteiger partial charge is 0.497 e. The van der Waals surface area contributed by atoms with Gasteiger partial charge in [-0.15, -0.1) is 34.4 Å². The molecule has 0 unspecified atom stereocenters. The van der Waals surface area contributed by atoms with E-state index in [0.717, 1.165) is 17.9 Å². The number of thiophene rings is 1. The first-order valence-electron chi connectivity index (χ1n) is 6.56. The summed E-state index contributed by atoms with van der Waals surface area (Å²) in [4.78, 5) is 4.72. The van der Waals surface area contributed by atoms with Crippen LogP contribution in [-0.2, 0) is 12.2 Å². The van der Waals surface area contributed by atoms with Gasteiger partial charge in [0.1, 0.15) is 5.75 Å². The summed E-state index contributed by atoms with van der Waals surface area (Å²) >= 11 is 5.37. The summed E-state index contributed by atoms with van der Waals surface area (Å²) in [7, 11) is 1.69. The number of thiazole rings is 1. The zero-order valence-corrected chi connectivity index (χ0v) is 14.1. The highest BCUT2D eigenvalue weighted by atomic mass is 32.2. The van der Waals surface area contributed by atoms with Crippen LogP contribution in [0.25, 0.3) is 0 Å². The molecule has 2 heterocycles. The molecular weight excluding hydrogens is 318 g/mol. The van der Waals surface area contributed by atoms with Gasteiger partial charge in [0.05, 0.1) is 22.0 Å². The third-order valence-corrected chi connectivity index (χ3v) is 6.03. The van der Waals surface area contributed by atoms with Crippen molar-refractivity contribution in [2.24, 2.45) is 0 Å². The van der Waals surface area contributed by atoms with Gasteiger partial charge < -0.3 is 4.74 Å². The van der Waals surface area contributed by atoms with Crippen molar-refractivity contribution < 1.29 is 4.74 Å². The van der Waals surface area contributed by atoms with Crippen molar-refractivity contribution in [2.75, 3.05) is 7.11 Å². The monoisotopic (exact) mass is 333 g/mol. The van der Waals surface area contributed by atoms with Gasteiger partial charge in [-0.2, -0.15) is 0 Å². The summed E-state index contributed by atoms with van der Waals surface area (Å²) in [6, 6.07) is 12.4. The van der Waals surface area contributed by atoms with Crippen molar-refractivity contribution in [1.29, 1.82) is 0 Å². The summed E-state index contributed by atoms with van der Waals surface area (Å²) in [6.07, 6.45) is 0.887. The van der Waals surface area contributed by atoms with Crippen LogP contribution in [0.4, 0.5) is 0 Å². The van der Waals surface area contributed by atoms with Crippen molar-refractivity contribution in [3.05, 3.63) is 63.4 Å². The van der Waals surface area contributed by atoms with Crippen LogP contribution in [0.5, 0.6) is 5.75 Å². The number of hydrogen-bond donors (Lipinski definition) is 0. The maximum absolute atomic E-state index is 5.18. The molecule has 0 fully saturated rings. The second-order valence-electron chi connectivity index (χ2n) is 4.48. The molecule has 0 aliphatic rings. The molecule has 108 valence electrons. The Bertz CT molecular complexity index is 674. The molecule has 0 aliphatic carbocycles. The highest BCUT2D eigenvalue weighted by Crippen LogP contribution is 2.27. The van der Waals surface area contributed by atoms with Crippen LogP contribution in [0.15, 0.2) is 51.4 Å². The Morgan fingerprint density at radius 1 is 1.14 bits per heavy atom. The minimum Gasteiger partial charge on any atom is -0.497 e. The predicted octanol–water partition coefficient (Wildman–Crippen LogP) is 5.10. The molecule has 0 saturated carbocycles. The predicted molar refractivity (Wildman–Crippen MR) is 91.8 cm³/mol. The molecule has 2 aromatic heterocycles. The van der Waals surface area contributed by atoms with Gasteiger partial charge in [0, 0.05) is 17.6 Å². The Morgan fingerprint density at radius 2 is 2.00 bits per heavy atom. The molecule has 3 rings (SSSR count). The van der Waals surface area contributed by atoms with Crippen LogP contribution in [0.3, 0.4) is 0 Å². The Labute approximate surface area is 136 Å². The first-order valence-corrected chi connectivity index (χ1v) is 9.30. The van der Waals surface area contributed by atoms with Gasteiger partial charge in [0.15, 0.2) is 0 Å². The normalized spacial score (nSPS) is 10.7. The van der Waals surface area contributed by atoms with Crippen molar-refractivity contribution in [3.8, 4) is 5.75 Å². The van der Waals surface area contributed by atoms with E-state index in [9.17, 15) is 0 Å². The van der Waals surface area contributed by atoms with E-state index in [0.29, 0.717) is 0 Å². The maximum atomic E-state index is 5.18. The number of rotatable bonds is 6. The fraction of sp³-hybridized carbons (Fsp3) is 0.188. The van der Waals surface area contributed by atoms with Gasteiger partial charge in [-0.3, -0.25) is 0 Å². The molecule has 0 amide bonds. The average Bonchev–Trinajstić information content (AvgIpc) is 3.17. The molecule has 0 bridgehead atoms. The number of hydrogen-bond acceptors (Lipinski definition) is 5. The zero-order chi connectivity index (χ0) is 14.5. The highest BCUT2D eigenvalue weighted by Gasteiger charge is 2.05. The quantitative estimate of drug-likeness (QED) is 0.586. The van der Waals surface area contributed by atoms with Gasteiger partial charge in [-0.25, -0.2) is 4.98 Å². The summed E-state index contributed by atoms with van der Waals surface area (Å²) < 4.78 is 6.52. The van der Waals surface area contributed by atoms with Gasteiger partial charge in [0.2, 0.25) is 0 Å². The molecule has 0 saturated heterocycles. The number of thioether (sulfide) groups is 1. The van der Waals surface area contributed by atoms with Crippen LogP contribution in [0.2, 0.25) is 0 Å². The van der Waals surface area contributed by atoms with E-state index in [1.807, 2.05) is 23.9 Å². The fourth-order valence-corrected chi connectivity index (χ4v) is 4.52. The molecule has 21 heavy (non-hydrogen) atoms. The van der Waals surface area contributed by atoms with E-state index in [1.54, 1.807) is 29.8 Å². The first-order chi connectivity index (χ1) is 10.3. The number of nitrogens with zero attached hydrogens (tertiary/aromatic N) is 1. The fourth-order valence-electron chi connectivity index (χ4n) is 1.91. The minimum atomic E-state index is 0.887. The SMILES string of the molecule is COc1ccc(Cc2nc(CSc3cccs3)cs2)cc1. The standard InChI is InChI=1S/C16H15NOS3/c1-18-14-6-4-12(5-7-14)9-15-17-13(10-20-15)11-21-16-3-2-8-19-16/h2-8,10H,9,11H2,1H3. The summed E-state index contributed by atoms with van der Waals surface area (Å²) in [5.74, 6) is 1.84. The topological polar surface area (TPSA) is 22.1 Å². The second-order valence-corrected chi connectivity index (χ2v) is 7.64. The van der Waals surface area contributed by atoms with Gasteiger partial charge >= 0.3 is 0 Å². The lowest BCUT2D eigenvalue weighted by Gasteiger charge is -2.01. The van der Waals surface area contributed by atoms with E-state index < -0.39 is 0 Å². The van der Waals surface area contributed by atoms with Crippen LogP contribution in [0, 0.1) is 0 Å². The second kappa shape index (κ2) is 7.11. The van der Waals surface area contributed by atoms with Crippen molar-refractivity contribution in [1.82, 2.24) is 4.98 Å². The maximum Gasteiger partial charge on any atom is 0.118 e.